The van der Waals surface area contributed by atoms with Crippen molar-refractivity contribution in [2.24, 2.45) is 5.73 Å². The van der Waals surface area contributed by atoms with Gasteiger partial charge in [0.1, 0.15) is 0 Å². The highest BCUT2D eigenvalue weighted by Gasteiger charge is 2.37. The minimum absolute atomic E-state index is 0.00321. The molecule has 0 bridgehead atoms. The topological polar surface area (TPSA) is 93.5 Å². The molecule has 96 valence electrons. The third-order valence-corrected chi connectivity index (χ3v) is 3.44. The normalized spacial score (nSPS) is 28.3. The highest BCUT2D eigenvalue weighted by atomic mass is 16.5. The van der Waals surface area contributed by atoms with Crippen molar-refractivity contribution in [3.8, 4) is 0 Å². The molecular formula is C11H19N3O3. The van der Waals surface area contributed by atoms with Crippen LogP contribution >= 0.6 is 0 Å². The van der Waals surface area contributed by atoms with E-state index in [0.717, 1.165) is 0 Å². The monoisotopic (exact) mass is 241 g/mol. The largest absolute Gasteiger partial charge is 0.381 e. The van der Waals surface area contributed by atoms with Gasteiger partial charge in [-0.2, -0.15) is 0 Å². The number of ether oxygens (including phenoxy) is 1. The predicted molar refractivity (Wildman–Crippen MR) is 61.1 cm³/mol. The second-order valence-corrected chi connectivity index (χ2v) is 4.78. The van der Waals surface area contributed by atoms with E-state index in [1.807, 2.05) is 0 Å². The lowest BCUT2D eigenvalue weighted by molar-refractivity contribution is -0.131. The predicted octanol–water partition coefficient (Wildman–Crippen LogP) is -1.11. The molecule has 0 aromatic heterocycles. The molecule has 2 rings (SSSR count). The Morgan fingerprint density at radius 2 is 2.18 bits per heavy atom. The average molecular weight is 241 g/mol. The molecule has 2 amide bonds. The van der Waals surface area contributed by atoms with Crippen molar-refractivity contribution in [1.29, 1.82) is 0 Å². The molecule has 0 saturated carbocycles. The van der Waals surface area contributed by atoms with E-state index in [1.54, 1.807) is 0 Å². The van der Waals surface area contributed by atoms with E-state index < -0.39 is 5.54 Å². The Kier molecular flexibility index (Phi) is 3.63. The number of rotatable bonds is 2. The number of piperidine rings is 1. The molecule has 0 radical (unpaired) electrons. The van der Waals surface area contributed by atoms with Crippen LogP contribution in [0.2, 0.25) is 0 Å². The van der Waals surface area contributed by atoms with Crippen molar-refractivity contribution in [3.05, 3.63) is 0 Å². The van der Waals surface area contributed by atoms with Crippen LogP contribution in [0.1, 0.15) is 25.7 Å². The zero-order chi connectivity index (χ0) is 12.3. The van der Waals surface area contributed by atoms with E-state index >= 15 is 0 Å². The molecule has 2 aliphatic heterocycles. The van der Waals surface area contributed by atoms with Crippen molar-refractivity contribution in [2.75, 3.05) is 19.8 Å². The highest BCUT2D eigenvalue weighted by Crippen LogP contribution is 2.18. The second-order valence-electron chi connectivity index (χ2n) is 4.78. The number of carbonyl (C=O) groups excluding carboxylic acids is 2. The molecule has 1 atom stereocenters. The third-order valence-electron chi connectivity index (χ3n) is 3.44. The van der Waals surface area contributed by atoms with Gasteiger partial charge in [0, 0.05) is 32.2 Å². The summed E-state index contributed by atoms with van der Waals surface area (Å²) in [6.45, 7) is 1.56. The average Bonchev–Trinajstić information content (AvgIpc) is 2.33. The van der Waals surface area contributed by atoms with Gasteiger partial charge < -0.3 is 21.1 Å². The molecule has 2 fully saturated rings. The van der Waals surface area contributed by atoms with E-state index in [9.17, 15) is 9.59 Å². The fraction of sp³-hybridized carbons (Fsp3) is 0.818. The summed E-state index contributed by atoms with van der Waals surface area (Å²) in [6.07, 6.45) is 2.26. The summed E-state index contributed by atoms with van der Waals surface area (Å²) in [7, 11) is 0. The van der Waals surface area contributed by atoms with Gasteiger partial charge in [-0.05, 0) is 19.3 Å². The van der Waals surface area contributed by atoms with Crippen LogP contribution in [0.4, 0.5) is 0 Å². The number of nitrogens with one attached hydrogen (secondary N) is 2. The van der Waals surface area contributed by atoms with Gasteiger partial charge in [-0.1, -0.05) is 0 Å². The highest BCUT2D eigenvalue weighted by molar-refractivity contribution is 5.86. The van der Waals surface area contributed by atoms with Gasteiger partial charge in [0.25, 0.3) is 0 Å². The van der Waals surface area contributed by atoms with E-state index in [4.69, 9.17) is 10.5 Å². The van der Waals surface area contributed by atoms with Gasteiger partial charge in [-0.15, -0.1) is 0 Å². The fourth-order valence-corrected chi connectivity index (χ4v) is 2.15. The maximum absolute atomic E-state index is 12.1. The summed E-state index contributed by atoms with van der Waals surface area (Å²) in [5.41, 5.74) is 5.26. The molecular weight excluding hydrogens is 222 g/mol. The molecule has 6 heteroatoms. The quantitative estimate of drug-likeness (QED) is 0.571. The summed E-state index contributed by atoms with van der Waals surface area (Å²) in [6, 6.07) is 0.00321. The number of nitrogens with two attached hydrogens (primary N) is 1. The molecule has 17 heavy (non-hydrogen) atoms. The van der Waals surface area contributed by atoms with Crippen LogP contribution in [0.3, 0.4) is 0 Å². The molecule has 0 aromatic rings. The van der Waals surface area contributed by atoms with E-state index in [1.165, 1.54) is 0 Å². The molecule has 2 aliphatic rings. The Bertz CT molecular complexity index is 303. The number of amides is 2. The van der Waals surface area contributed by atoms with Crippen molar-refractivity contribution in [1.82, 2.24) is 10.6 Å². The fourth-order valence-electron chi connectivity index (χ4n) is 2.15. The van der Waals surface area contributed by atoms with Crippen LogP contribution in [-0.2, 0) is 14.3 Å². The number of hydrogen-bond donors (Lipinski definition) is 3. The van der Waals surface area contributed by atoms with Gasteiger partial charge in [0.05, 0.1) is 5.54 Å². The van der Waals surface area contributed by atoms with Crippen LogP contribution in [-0.4, -0.2) is 43.2 Å². The van der Waals surface area contributed by atoms with Crippen molar-refractivity contribution in [2.45, 2.75) is 37.3 Å². The van der Waals surface area contributed by atoms with Crippen LogP contribution in [0.15, 0.2) is 0 Å². The van der Waals surface area contributed by atoms with E-state index in [2.05, 4.69) is 10.6 Å². The maximum atomic E-state index is 12.1. The molecule has 0 spiro atoms. The maximum Gasteiger partial charge on any atom is 0.240 e. The first-order valence-corrected chi connectivity index (χ1v) is 6.04. The number of hydrogen-bond acceptors (Lipinski definition) is 4. The third kappa shape index (κ3) is 2.95. The smallest absolute Gasteiger partial charge is 0.240 e. The first kappa shape index (κ1) is 12.3. The summed E-state index contributed by atoms with van der Waals surface area (Å²) in [4.78, 5) is 23.1. The van der Waals surface area contributed by atoms with E-state index in [-0.39, 0.29) is 17.9 Å². The van der Waals surface area contributed by atoms with Crippen molar-refractivity contribution >= 4 is 11.8 Å². The molecule has 2 heterocycles. The van der Waals surface area contributed by atoms with Gasteiger partial charge in [0.15, 0.2) is 0 Å². The van der Waals surface area contributed by atoms with Gasteiger partial charge in [-0.25, -0.2) is 0 Å². The second kappa shape index (κ2) is 5.01. The first-order chi connectivity index (χ1) is 8.10. The van der Waals surface area contributed by atoms with Gasteiger partial charge >= 0.3 is 0 Å². The molecule has 4 N–H and O–H groups in total. The Morgan fingerprint density at radius 3 is 2.76 bits per heavy atom. The van der Waals surface area contributed by atoms with Crippen LogP contribution in [0, 0.1) is 0 Å². The molecule has 6 nitrogen and oxygen atoms in total. The van der Waals surface area contributed by atoms with Gasteiger partial charge in [-0.3, -0.25) is 9.59 Å². The Balaban J connectivity index is 1.85. The molecule has 2 saturated heterocycles. The summed E-state index contributed by atoms with van der Waals surface area (Å²) < 4.78 is 5.20. The molecule has 1 unspecified atom stereocenters. The minimum atomic E-state index is -0.806. The van der Waals surface area contributed by atoms with Crippen molar-refractivity contribution < 1.29 is 14.3 Å². The zero-order valence-corrected chi connectivity index (χ0v) is 9.83. The van der Waals surface area contributed by atoms with E-state index in [0.29, 0.717) is 45.4 Å². The lowest BCUT2D eigenvalue weighted by Crippen LogP contribution is -2.60. The zero-order valence-electron chi connectivity index (χ0n) is 9.83. The van der Waals surface area contributed by atoms with Crippen LogP contribution < -0.4 is 16.4 Å². The first-order valence-electron chi connectivity index (χ1n) is 6.04. The van der Waals surface area contributed by atoms with Crippen molar-refractivity contribution in [3.63, 3.8) is 0 Å². The Morgan fingerprint density at radius 1 is 1.47 bits per heavy atom. The Hall–Kier alpha value is -1.14. The number of carbonyl (C=O) groups is 2. The molecule has 0 aromatic carbocycles. The summed E-state index contributed by atoms with van der Waals surface area (Å²) in [5.74, 6) is -0.0778. The minimum Gasteiger partial charge on any atom is -0.381 e. The van der Waals surface area contributed by atoms with Crippen LogP contribution in [0.25, 0.3) is 0 Å². The lowest BCUT2D eigenvalue weighted by Gasteiger charge is -2.34. The SMILES string of the molecule is NC1(C(=O)NC2CCC(=O)NC2)CCOCC1. The van der Waals surface area contributed by atoms with Gasteiger partial charge in [0.2, 0.25) is 11.8 Å². The standard InChI is InChI=1S/C11H19N3O3/c12-11(3-5-17-6-4-11)10(16)14-8-1-2-9(15)13-7-8/h8H,1-7,12H2,(H,13,15)(H,14,16). The Labute approximate surface area is 100 Å². The molecule has 0 aliphatic carbocycles. The van der Waals surface area contributed by atoms with Crippen LogP contribution in [0.5, 0.6) is 0 Å². The lowest BCUT2D eigenvalue weighted by atomic mass is 9.89. The summed E-state index contributed by atoms with van der Waals surface area (Å²) in [5, 5.41) is 5.65. The summed E-state index contributed by atoms with van der Waals surface area (Å²) >= 11 is 0.